The molecule has 4 nitrogen and oxygen atoms in total. The fourth-order valence-corrected chi connectivity index (χ4v) is 1.48. The second-order valence-electron chi connectivity index (χ2n) is 2.69. The van der Waals surface area contributed by atoms with Gasteiger partial charge in [-0.05, 0) is 28.9 Å². The molecule has 0 aliphatic carbocycles. The SMILES string of the molecule is Cc1nc(N)nc2ncc(Br)cc12. The van der Waals surface area contributed by atoms with Crippen LogP contribution >= 0.6 is 15.9 Å². The van der Waals surface area contributed by atoms with Crippen LogP contribution in [-0.4, -0.2) is 15.0 Å². The maximum absolute atomic E-state index is 5.49. The van der Waals surface area contributed by atoms with Crippen LogP contribution in [0.4, 0.5) is 5.95 Å². The molecule has 2 aromatic heterocycles. The summed E-state index contributed by atoms with van der Waals surface area (Å²) in [4.78, 5) is 12.2. The van der Waals surface area contributed by atoms with Gasteiger partial charge >= 0.3 is 0 Å². The fraction of sp³-hybridized carbons (Fsp3) is 0.125. The summed E-state index contributed by atoms with van der Waals surface area (Å²) in [5, 5.41) is 0.920. The predicted molar refractivity (Wildman–Crippen MR) is 54.2 cm³/mol. The lowest BCUT2D eigenvalue weighted by Gasteiger charge is -2.01. The second kappa shape index (κ2) is 2.92. The lowest BCUT2D eigenvalue weighted by Crippen LogP contribution is -1.98. The first-order valence-corrected chi connectivity index (χ1v) is 4.51. The number of hydrogen-bond donors (Lipinski definition) is 1. The number of nitrogens with two attached hydrogens (primary N) is 1. The van der Waals surface area contributed by atoms with Crippen LogP contribution in [0.15, 0.2) is 16.7 Å². The normalized spacial score (nSPS) is 10.6. The number of anilines is 1. The molecule has 13 heavy (non-hydrogen) atoms. The molecule has 2 aromatic rings. The molecule has 0 fully saturated rings. The predicted octanol–water partition coefficient (Wildman–Crippen LogP) is 1.68. The lowest BCUT2D eigenvalue weighted by molar-refractivity contribution is 1.14. The minimum atomic E-state index is 0.264. The molecule has 0 saturated heterocycles. The van der Waals surface area contributed by atoms with Crippen LogP contribution in [0.5, 0.6) is 0 Å². The summed E-state index contributed by atoms with van der Waals surface area (Å²) < 4.78 is 0.913. The van der Waals surface area contributed by atoms with Crippen LogP contribution in [0.25, 0.3) is 11.0 Å². The van der Waals surface area contributed by atoms with Gasteiger partial charge in [-0.25, -0.2) is 9.97 Å². The van der Waals surface area contributed by atoms with Gasteiger partial charge in [-0.1, -0.05) is 0 Å². The minimum Gasteiger partial charge on any atom is -0.368 e. The van der Waals surface area contributed by atoms with Crippen molar-refractivity contribution in [3.63, 3.8) is 0 Å². The zero-order valence-corrected chi connectivity index (χ0v) is 8.54. The smallest absolute Gasteiger partial charge is 0.222 e. The Labute approximate surface area is 83.3 Å². The van der Waals surface area contributed by atoms with Crippen molar-refractivity contribution in [2.75, 3.05) is 5.73 Å². The number of hydrogen-bond acceptors (Lipinski definition) is 4. The molecular weight excluding hydrogens is 232 g/mol. The summed E-state index contributed by atoms with van der Waals surface area (Å²) in [5.74, 6) is 0.264. The lowest BCUT2D eigenvalue weighted by atomic mass is 10.2. The summed E-state index contributed by atoms with van der Waals surface area (Å²) in [6.07, 6.45) is 1.69. The fourth-order valence-electron chi connectivity index (χ4n) is 1.15. The Morgan fingerprint density at radius 2 is 2.15 bits per heavy atom. The van der Waals surface area contributed by atoms with E-state index in [0.717, 1.165) is 15.6 Å². The first kappa shape index (κ1) is 8.37. The van der Waals surface area contributed by atoms with Crippen molar-refractivity contribution >= 4 is 32.9 Å². The maximum atomic E-state index is 5.49. The van der Waals surface area contributed by atoms with E-state index in [0.29, 0.717) is 5.65 Å². The zero-order valence-electron chi connectivity index (χ0n) is 6.95. The average molecular weight is 239 g/mol. The highest BCUT2D eigenvalue weighted by atomic mass is 79.9. The van der Waals surface area contributed by atoms with Crippen LogP contribution in [0.2, 0.25) is 0 Å². The van der Waals surface area contributed by atoms with Gasteiger partial charge in [0, 0.05) is 16.1 Å². The van der Waals surface area contributed by atoms with Crippen LogP contribution in [0.3, 0.4) is 0 Å². The number of fused-ring (bicyclic) bond motifs is 1. The van der Waals surface area contributed by atoms with Crippen LogP contribution in [0.1, 0.15) is 5.69 Å². The van der Waals surface area contributed by atoms with Crippen molar-refractivity contribution in [1.82, 2.24) is 15.0 Å². The van der Waals surface area contributed by atoms with E-state index in [9.17, 15) is 0 Å². The Kier molecular flexibility index (Phi) is 1.88. The molecule has 0 amide bonds. The number of nitrogen functional groups attached to an aromatic ring is 1. The molecule has 2 heterocycles. The Hall–Kier alpha value is -1.23. The van der Waals surface area contributed by atoms with Gasteiger partial charge in [0.1, 0.15) is 0 Å². The van der Waals surface area contributed by atoms with Crippen LogP contribution in [-0.2, 0) is 0 Å². The third kappa shape index (κ3) is 1.47. The Morgan fingerprint density at radius 1 is 1.38 bits per heavy atom. The first-order valence-electron chi connectivity index (χ1n) is 3.72. The van der Waals surface area contributed by atoms with E-state index in [2.05, 4.69) is 30.9 Å². The average Bonchev–Trinajstić information content (AvgIpc) is 2.06. The molecule has 0 atom stereocenters. The van der Waals surface area contributed by atoms with Crippen molar-refractivity contribution in [2.45, 2.75) is 6.92 Å². The standard InChI is InChI=1S/C8H7BrN4/c1-4-6-2-5(9)3-11-7(6)13-8(10)12-4/h2-3H,1H3,(H2,10,11,12,13). The van der Waals surface area contributed by atoms with Crippen LogP contribution in [0, 0.1) is 6.92 Å². The minimum absolute atomic E-state index is 0.264. The molecule has 0 aromatic carbocycles. The van der Waals surface area contributed by atoms with E-state index in [1.165, 1.54) is 0 Å². The Morgan fingerprint density at radius 3 is 2.92 bits per heavy atom. The summed E-state index contributed by atoms with van der Waals surface area (Å²) in [5.41, 5.74) is 6.97. The van der Waals surface area contributed by atoms with Gasteiger partial charge in [0.2, 0.25) is 5.95 Å². The third-order valence-corrected chi connectivity index (χ3v) is 2.16. The van der Waals surface area contributed by atoms with Gasteiger partial charge in [0.05, 0.1) is 5.69 Å². The molecule has 2 rings (SSSR count). The Balaban J connectivity index is 2.87. The van der Waals surface area contributed by atoms with E-state index in [4.69, 9.17) is 5.73 Å². The summed E-state index contributed by atoms with van der Waals surface area (Å²) in [6, 6.07) is 1.93. The van der Waals surface area contributed by atoms with Crippen molar-refractivity contribution in [3.05, 3.63) is 22.4 Å². The van der Waals surface area contributed by atoms with E-state index >= 15 is 0 Å². The number of halogens is 1. The van der Waals surface area contributed by atoms with Gasteiger partial charge in [-0.3, -0.25) is 0 Å². The molecule has 66 valence electrons. The van der Waals surface area contributed by atoms with Gasteiger partial charge in [-0.15, -0.1) is 0 Å². The highest BCUT2D eigenvalue weighted by Gasteiger charge is 2.03. The zero-order chi connectivity index (χ0) is 9.42. The van der Waals surface area contributed by atoms with E-state index in [-0.39, 0.29) is 5.95 Å². The molecule has 0 bridgehead atoms. The molecular formula is C8H7BrN4. The quantitative estimate of drug-likeness (QED) is 0.759. The van der Waals surface area contributed by atoms with E-state index < -0.39 is 0 Å². The summed E-state index contributed by atoms with van der Waals surface area (Å²) in [6.45, 7) is 1.88. The number of aromatic nitrogens is 3. The van der Waals surface area contributed by atoms with Gasteiger partial charge in [0.15, 0.2) is 5.65 Å². The van der Waals surface area contributed by atoms with Gasteiger partial charge < -0.3 is 5.73 Å². The number of pyridine rings is 1. The topological polar surface area (TPSA) is 64.7 Å². The maximum Gasteiger partial charge on any atom is 0.222 e. The van der Waals surface area contributed by atoms with Crippen molar-refractivity contribution in [3.8, 4) is 0 Å². The second-order valence-corrected chi connectivity index (χ2v) is 3.61. The number of rotatable bonds is 0. The van der Waals surface area contributed by atoms with Crippen molar-refractivity contribution in [2.24, 2.45) is 0 Å². The molecule has 0 saturated carbocycles. The highest BCUT2D eigenvalue weighted by molar-refractivity contribution is 9.10. The highest BCUT2D eigenvalue weighted by Crippen LogP contribution is 2.18. The summed E-state index contributed by atoms with van der Waals surface area (Å²) >= 11 is 3.34. The summed E-state index contributed by atoms with van der Waals surface area (Å²) in [7, 11) is 0. The van der Waals surface area contributed by atoms with Gasteiger partial charge in [0.25, 0.3) is 0 Å². The Bertz CT molecular complexity index is 469. The molecule has 0 radical (unpaired) electrons. The molecule has 0 unspecified atom stereocenters. The van der Waals surface area contributed by atoms with Gasteiger partial charge in [-0.2, -0.15) is 4.98 Å². The number of aryl methyl sites for hydroxylation is 1. The monoisotopic (exact) mass is 238 g/mol. The van der Waals surface area contributed by atoms with E-state index in [1.807, 2.05) is 13.0 Å². The first-order chi connectivity index (χ1) is 6.16. The molecule has 5 heteroatoms. The third-order valence-electron chi connectivity index (χ3n) is 1.73. The molecule has 0 aliphatic heterocycles. The molecule has 2 N–H and O–H groups in total. The van der Waals surface area contributed by atoms with E-state index in [1.54, 1.807) is 6.20 Å². The number of nitrogens with zero attached hydrogens (tertiary/aromatic N) is 3. The largest absolute Gasteiger partial charge is 0.368 e. The van der Waals surface area contributed by atoms with Crippen LogP contribution < -0.4 is 5.73 Å². The van der Waals surface area contributed by atoms with Crippen molar-refractivity contribution < 1.29 is 0 Å². The van der Waals surface area contributed by atoms with Crippen molar-refractivity contribution in [1.29, 1.82) is 0 Å². The molecule has 0 aliphatic rings. The molecule has 0 spiro atoms.